The zero-order valence-corrected chi connectivity index (χ0v) is 16.9. The average molecular weight is 412 g/mol. The van der Waals surface area contributed by atoms with Gasteiger partial charge in [-0.05, 0) is 50.7 Å². The van der Waals surface area contributed by atoms with Crippen molar-refractivity contribution in [2.24, 2.45) is 5.92 Å². The Morgan fingerprint density at radius 1 is 1.26 bits per heavy atom. The average Bonchev–Trinajstić information content (AvgIpc) is 2.81. The summed E-state index contributed by atoms with van der Waals surface area (Å²) in [5.74, 6) is -0.164. The molecule has 2 aliphatic rings. The Labute approximate surface area is 168 Å². The summed E-state index contributed by atoms with van der Waals surface area (Å²) in [5, 5.41) is 6.30. The number of amides is 4. The fourth-order valence-corrected chi connectivity index (χ4v) is 4.34. The molecule has 8 heteroatoms. The van der Waals surface area contributed by atoms with Crippen molar-refractivity contribution in [2.45, 2.75) is 51.1 Å². The third-order valence-corrected chi connectivity index (χ3v) is 5.98. The molecule has 2 N–H and O–H groups in total. The number of hydrogen-bond donors (Lipinski definition) is 2. The van der Waals surface area contributed by atoms with Gasteiger partial charge in [0.05, 0.1) is 0 Å². The number of benzene rings is 1. The number of nitrogens with zero attached hydrogens (tertiary/aromatic N) is 1. The van der Waals surface area contributed by atoms with Crippen LogP contribution in [-0.2, 0) is 15.1 Å². The molecular weight excluding hydrogens is 389 g/mol. The fraction of sp³-hybridized carbons (Fsp3) is 0.526. The summed E-state index contributed by atoms with van der Waals surface area (Å²) in [6.45, 7) is 3.47. The molecule has 1 saturated carbocycles. The second-order valence-corrected chi connectivity index (χ2v) is 8.44. The Morgan fingerprint density at radius 3 is 2.56 bits per heavy atom. The predicted molar refractivity (Wildman–Crippen MR) is 104 cm³/mol. The normalized spacial score (nSPS) is 28.2. The molecule has 1 heterocycles. The van der Waals surface area contributed by atoms with Crippen LogP contribution in [0.4, 0.5) is 4.79 Å². The third-order valence-electron chi connectivity index (χ3n) is 5.43. The predicted octanol–water partition coefficient (Wildman–Crippen LogP) is 3.46. The van der Waals surface area contributed by atoms with Crippen LogP contribution in [-0.4, -0.2) is 35.3 Å². The molecule has 2 fully saturated rings. The summed E-state index contributed by atoms with van der Waals surface area (Å²) in [7, 11) is 0. The number of rotatable bonds is 4. The van der Waals surface area contributed by atoms with Gasteiger partial charge in [0.25, 0.3) is 5.91 Å². The van der Waals surface area contributed by atoms with Gasteiger partial charge in [-0.25, -0.2) is 4.79 Å². The highest BCUT2D eigenvalue weighted by Crippen LogP contribution is 2.35. The maximum atomic E-state index is 12.9. The second kappa shape index (κ2) is 7.68. The van der Waals surface area contributed by atoms with Crippen LogP contribution in [0.5, 0.6) is 0 Å². The molecule has 27 heavy (non-hydrogen) atoms. The topological polar surface area (TPSA) is 78.5 Å². The first-order valence-corrected chi connectivity index (χ1v) is 9.85. The third kappa shape index (κ3) is 4.06. The lowest BCUT2D eigenvalue weighted by atomic mass is 9.87. The summed E-state index contributed by atoms with van der Waals surface area (Å²) in [6, 6.07) is 4.22. The zero-order chi connectivity index (χ0) is 19.8. The van der Waals surface area contributed by atoms with Gasteiger partial charge in [-0.15, -0.1) is 0 Å². The lowest BCUT2D eigenvalue weighted by molar-refractivity contribution is -0.135. The Kier molecular flexibility index (Phi) is 5.68. The molecule has 0 radical (unpaired) electrons. The number of carbonyl (C=O) groups excluding carboxylic acids is 3. The molecule has 0 bridgehead atoms. The van der Waals surface area contributed by atoms with Gasteiger partial charge < -0.3 is 10.6 Å². The molecule has 0 unspecified atom stereocenters. The first kappa shape index (κ1) is 20.0. The van der Waals surface area contributed by atoms with Crippen LogP contribution in [0.25, 0.3) is 0 Å². The van der Waals surface area contributed by atoms with Gasteiger partial charge in [0.1, 0.15) is 12.1 Å². The molecule has 1 aromatic carbocycles. The van der Waals surface area contributed by atoms with Crippen LogP contribution in [0, 0.1) is 5.92 Å². The van der Waals surface area contributed by atoms with Crippen LogP contribution < -0.4 is 10.6 Å². The van der Waals surface area contributed by atoms with Crippen LogP contribution in [0.15, 0.2) is 18.2 Å². The molecule has 1 aromatic rings. The van der Waals surface area contributed by atoms with Crippen molar-refractivity contribution in [2.75, 3.05) is 6.54 Å². The Morgan fingerprint density at radius 2 is 1.93 bits per heavy atom. The Hall–Kier alpha value is -1.79. The van der Waals surface area contributed by atoms with Gasteiger partial charge in [0.15, 0.2) is 0 Å². The van der Waals surface area contributed by atoms with Crippen molar-refractivity contribution >= 4 is 41.0 Å². The maximum Gasteiger partial charge on any atom is 0.325 e. The van der Waals surface area contributed by atoms with Gasteiger partial charge in [-0.2, -0.15) is 0 Å². The smallest absolute Gasteiger partial charge is 0.325 e. The number of carbonyl (C=O) groups is 3. The van der Waals surface area contributed by atoms with E-state index in [1.165, 1.54) is 6.07 Å². The van der Waals surface area contributed by atoms with E-state index in [0.29, 0.717) is 16.5 Å². The minimum absolute atomic E-state index is 0.103. The zero-order valence-electron chi connectivity index (χ0n) is 15.4. The van der Waals surface area contributed by atoms with Gasteiger partial charge in [-0.3, -0.25) is 14.5 Å². The van der Waals surface area contributed by atoms with Gasteiger partial charge in [0, 0.05) is 21.7 Å². The van der Waals surface area contributed by atoms with Crippen LogP contribution in [0.3, 0.4) is 0 Å². The van der Waals surface area contributed by atoms with E-state index in [9.17, 15) is 14.4 Å². The van der Waals surface area contributed by atoms with Crippen molar-refractivity contribution in [3.63, 3.8) is 0 Å². The second-order valence-electron chi connectivity index (χ2n) is 7.59. The van der Waals surface area contributed by atoms with E-state index < -0.39 is 17.5 Å². The van der Waals surface area contributed by atoms with Crippen molar-refractivity contribution in [3.05, 3.63) is 33.8 Å². The SMILES string of the molecule is CC1CCC(NC(=O)CN2C(=O)N[C@](C)(c3ccc(Cl)cc3Cl)C2=O)CC1. The van der Waals surface area contributed by atoms with Crippen LogP contribution in [0.2, 0.25) is 10.0 Å². The van der Waals surface area contributed by atoms with Crippen molar-refractivity contribution < 1.29 is 14.4 Å². The van der Waals surface area contributed by atoms with E-state index in [-0.39, 0.29) is 23.5 Å². The van der Waals surface area contributed by atoms with Gasteiger partial charge >= 0.3 is 6.03 Å². The molecule has 3 rings (SSSR count). The molecule has 146 valence electrons. The first-order chi connectivity index (χ1) is 12.7. The minimum Gasteiger partial charge on any atom is -0.352 e. The van der Waals surface area contributed by atoms with E-state index in [4.69, 9.17) is 23.2 Å². The Balaban J connectivity index is 1.69. The molecular formula is C19H23Cl2N3O3. The molecule has 0 aromatic heterocycles. The molecule has 6 nitrogen and oxygen atoms in total. The molecule has 4 amide bonds. The lowest BCUT2D eigenvalue weighted by Crippen LogP contribution is -2.46. The minimum atomic E-state index is -1.33. The van der Waals surface area contributed by atoms with Gasteiger partial charge in [0.2, 0.25) is 5.91 Å². The molecule has 0 spiro atoms. The van der Waals surface area contributed by atoms with E-state index in [1.807, 2.05) is 0 Å². The highest BCUT2D eigenvalue weighted by atomic mass is 35.5. The van der Waals surface area contributed by atoms with E-state index in [0.717, 1.165) is 30.6 Å². The largest absolute Gasteiger partial charge is 0.352 e. The quantitative estimate of drug-likeness (QED) is 0.744. The summed E-state index contributed by atoms with van der Waals surface area (Å²) in [4.78, 5) is 38.6. The molecule has 1 saturated heterocycles. The van der Waals surface area contributed by atoms with Crippen molar-refractivity contribution in [1.82, 2.24) is 15.5 Å². The van der Waals surface area contributed by atoms with E-state index in [1.54, 1.807) is 19.1 Å². The Bertz CT molecular complexity index is 777. The number of nitrogens with one attached hydrogen (secondary N) is 2. The standard InChI is InChI=1S/C19H23Cl2N3O3/c1-11-3-6-13(7-4-11)22-16(25)10-24-17(26)19(2,23-18(24)27)14-8-5-12(20)9-15(14)21/h5,8-9,11,13H,3-4,6-7,10H2,1-2H3,(H,22,25)(H,23,27)/t11?,13?,19-/m1/s1. The molecule has 1 atom stereocenters. The monoisotopic (exact) mass is 411 g/mol. The summed E-state index contributed by atoms with van der Waals surface area (Å²) < 4.78 is 0. The maximum absolute atomic E-state index is 12.9. The van der Waals surface area contributed by atoms with Crippen molar-refractivity contribution in [1.29, 1.82) is 0 Å². The fourth-order valence-electron chi connectivity index (χ4n) is 3.74. The number of urea groups is 1. The first-order valence-electron chi connectivity index (χ1n) is 9.09. The summed E-state index contributed by atoms with van der Waals surface area (Å²) in [6.07, 6.45) is 3.98. The van der Waals surface area contributed by atoms with Crippen LogP contribution in [0.1, 0.15) is 45.1 Å². The summed E-state index contributed by atoms with van der Waals surface area (Å²) >= 11 is 12.1. The molecule has 1 aliphatic heterocycles. The van der Waals surface area contributed by atoms with E-state index in [2.05, 4.69) is 17.6 Å². The number of imide groups is 1. The summed E-state index contributed by atoms with van der Waals surface area (Å²) in [5.41, 5.74) is -0.893. The molecule has 1 aliphatic carbocycles. The van der Waals surface area contributed by atoms with Crippen molar-refractivity contribution in [3.8, 4) is 0 Å². The number of halogens is 2. The number of hydrogen-bond acceptors (Lipinski definition) is 3. The lowest BCUT2D eigenvalue weighted by Gasteiger charge is -2.27. The van der Waals surface area contributed by atoms with E-state index >= 15 is 0 Å². The highest BCUT2D eigenvalue weighted by molar-refractivity contribution is 6.35. The highest BCUT2D eigenvalue weighted by Gasteiger charge is 2.50. The van der Waals surface area contributed by atoms with Gasteiger partial charge in [-0.1, -0.05) is 36.2 Å². The van der Waals surface area contributed by atoms with Crippen LogP contribution >= 0.6 is 23.2 Å².